The van der Waals surface area contributed by atoms with Crippen LogP contribution in [-0.4, -0.2) is 17.6 Å². The molecule has 1 aromatic heterocycles. The Morgan fingerprint density at radius 1 is 1.56 bits per heavy atom. The van der Waals surface area contributed by atoms with Gasteiger partial charge in [0.15, 0.2) is 0 Å². The minimum absolute atomic E-state index is 0.607. The fraction of sp³-hybridized carbons (Fsp3) is 0.583. The van der Waals surface area contributed by atoms with Gasteiger partial charge in [-0.3, -0.25) is 0 Å². The number of pyridine rings is 1. The van der Waals surface area contributed by atoms with E-state index in [2.05, 4.69) is 23.7 Å². The van der Waals surface area contributed by atoms with Gasteiger partial charge in [0.1, 0.15) is 5.82 Å². The number of nitrogens with zero attached hydrogens (tertiary/aromatic N) is 2. The molecular formula is C12H18ClN3. The van der Waals surface area contributed by atoms with Gasteiger partial charge in [-0.1, -0.05) is 25.4 Å². The molecule has 0 radical (unpaired) electrons. The van der Waals surface area contributed by atoms with E-state index in [4.69, 9.17) is 17.3 Å². The highest BCUT2D eigenvalue weighted by molar-refractivity contribution is 6.33. The lowest BCUT2D eigenvalue weighted by Gasteiger charge is -2.26. The van der Waals surface area contributed by atoms with Gasteiger partial charge in [0.05, 0.1) is 16.9 Å². The van der Waals surface area contributed by atoms with E-state index in [9.17, 15) is 0 Å². The van der Waals surface area contributed by atoms with E-state index in [0.29, 0.717) is 22.7 Å². The predicted octanol–water partition coefficient (Wildman–Crippen LogP) is 2.94. The Morgan fingerprint density at radius 2 is 2.25 bits per heavy atom. The predicted molar refractivity (Wildman–Crippen MR) is 68.9 cm³/mol. The van der Waals surface area contributed by atoms with E-state index in [1.165, 1.54) is 12.8 Å². The summed E-state index contributed by atoms with van der Waals surface area (Å²) in [4.78, 5) is 6.67. The number of nitrogen functional groups attached to an aromatic ring is 1. The molecule has 0 unspecified atom stereocenters. The topological polar surface area (TPSA) is 42.2 Å². The van der Waals surface area contributed by atoms with Gasteiger partial charge >= 0.3 is 0 Å². The van der Waals surface area contributed by atoms with Gasteiger partial charge in [-0.25, -0.2) is 4.98 Å². The van der Waals surface area contributed by atoms with Crippen LogP contribution in [-0.2, 0) is 0 Å². The highest BCUT2D eigenvalue weighted by Crippen LogP contribution is 2.35. The molecule has 2 N–H and O–H groups in total. The molecule has 1 aromatic rings. The summed E-state index contributed by atoms with van der Waals surface area (Å²) in [7, 11) is 0. The number of rotatable bonds is 4. The van der Waals surface area contributed by atoms with Crippen LogP contribution in [0.2, 0.25) is 5.02 Å². The molecule has 0 saturated heterocycles. The van der Waals surface area contributed by atoms with Gasteiger partial charge in [0.2, 0.25) is 0 Å². The Bertz CT molecular complexity index is 375. The number of hydrogen-bond acceptors (Lipinski definition) is 3. The normalized spacial score (nSPS) is 15.5. The number of aromatic nitrogens is 1. The van der Waals surface area contributed by atoms with E-state index in [-0.39, 0.29) is 0 Å². The van der Waals surface area contributed by atoms with Crippen molar-refractivity contribution >= 4 is 23.1 Å². The van der Waals surface area contributed by atoms with Crippen molar-refractivity contribution in [3.05, 3.63) is 17.3 Å². The van der Waals surface area contributed by atoms with Crippen LogP contribution in [0.15, 0.2) is 12.3 Å². The molecule has 3 nitrogen and oxygen atoms in total. The van der Waals surface area contributed by atoms with Crippen molar-refractivity contribution in [2.75, 3.05) is 17.2 Å². The van der Waals surface area contributed by atoms with Crippen LogP contribution >= 0.6 is 11.6 Å². The molecule has 0 bridgehead atoms. The summed E-state index contributed by atoms with van der Waals surface area (Å²) in [6.07, 6.45) is 4.17. The molecule has 1 saturated carbocycles. The molecule has 1 heterocycles. The number of anilines is 2. The van der Waals surface area contributed by atoms with Crippen LogP contribution in [0.5, 0.6) is 0 Å². The van der Waals surface area contributed by atoms with Gasteiger partial charge in [0.25, 0.3) is 0 Å². The lowest BCUT2D eigenvalue weighted by atomic mass is 10.2. The zero-order chi connectivity index (χ0) is 11.7. The van der Waals surface area contributed by atoms with E-state index in [1.54, 1.807) is 12.3 Å². The maximum atomic E-state index is 6.20. The van der Waals surface area contributed by atoms with E-state index in [0.717, 1.165) is 12.4 Å². The maximum absolute atomic E-state index is 6.20. The van der Waals surface area contributed by atoms with Crippen LogP contribution in [0, 0.1) is 5.92 Å². The summed E-state index contributed by atoms with van der Waals surface area (Å²) in [6.45, 7) is 5.42. The Hall–Kier alpha value is -0.960. The van der Waals surface area contributed by atoms with E-state index < -0.39 is 0 Å². The second-order valence-corrected chi connectivity index (χ2v) is 5.26. The maximum Gasteiger partial charge on any atom is 0.147 e. The van der Waals surface area contributed by atoms with Crippen LogP contribution in [0.25, 0.3) is 0 Å². The van der Waals surface area contributed by atoms with E-state index >= 15 is 0 Å². The summed E-state index contributed by atoms with van der Waals surface area (Å²) < 4.78 is 0. The molecule has 0 aromatic carbocycles. The van der Waals surface area contributed by atoms with Crippen molar-refractivity contribution in [1.82, 2.24) is 4.98 Å². The van der Waals surface area contributed by atoms with Crippen molar-refractivity contribution in [1.29, 1.82) is 0 Å². The van der Waals surface area contributed by atoms with Gasteiger partial charge in [-0.15, -0.1) is 0 Å². The molecular weight excluding hydrogens is 222 g/mol. The molecule has 0 amide bonds. The van der Waals surface area contributed by atoms with Gasteiger partial charge < -0.3 is 10.6 Å². The smallest absolute Gasteiger partial charge is 0.147 e. The summed E-state index contributed by atoms with van der Waals surface area (Å²) >= 11 is 6.20. The third-order valence-corrected chi connectivity index (χ3v) is 2.94. The lowest BCUT2D eigenvalue weighted by Crippen LogP contribution is -2.30. The Labute approximate surface area is 102 Å². The monoisotopic (exact) mass is 239 g/mol. The standard InChI is InChI=1S/C12H18ClN3/c1-8(2)7-16(10-3-4-10)12-11(13)5-9(14)6-15-12/h5-6,8,10H,3-4,7,14H2,1-2H3. The molecule has 0 spiro atoms. The van der Waals surface area contributed by atoms with Gasteiger partial charge in [-0.2, -0.15) is 0 Å². The van der Waals surface area contributed by atoms with E-state index in [1.807, 2.05) is 0 Å². The first-order valence-corrected chi connectivity index (χ1v) is 6.13. The number of hydrogen-bond donors (Lipinski definition) is 1. The van der Waals surface area contributed by atoms with Gasteiger partial charge in [0, 0.05) is 12.6 Å². The summed E-state index contributed by atoms with van der Waals surface area (Å²) in [6, 6.07) is 2.40. The Kier molecular flexibility index (Phi) is 3.24. The first kappa shape index (κ1) is 11.5. The zero-order valence-electron chi connectivity index (χ0n) is 9.78. The SMILES string of the molecule is CC(C)CN(c1ncc(N)cc1Cl)C1CC1. The third kappa shape index (κ3) is 2.59. The average molecular weight is 240 g/mol. The second-order valence-electron chi connectivity index (χ2n) is 4.85. The molecule has 1 aliphatic rings. The first-order valence-electron chi connectivity index (χ1n) is 5.75. The number of nitrogens with two attached hydrogens (primary N) is 1. The molecule has 0 atom stereocenters. The molecule has 0 aliphatic heterocycles. The molecule has 88 valence electrons. The summed E-state index contributed by atoms with van der Waals surface area (Å²) in [5.41, 5.74) is 6.27. The highest BCUT2D eigenvalue weighted by atomic mass is 35.5. The minimum atomic E-state index is 0.607. The fourth-order valence-electron chi connectivity index (χ4n) is 1.84. The van der Waals surface area contributed by atoms with Gasteiger partial charge in [-0.05, 0) is 24.8 Å². The summed E-state index contributed by atoms with van der Waals surface area (Å²) in [5.74, 6) is 1.49. The Balaban J connectivity index is 2.24. The van der Waals surface area contributed by atoms with Crippen molar-refractivity contribution < 1.29 is 0 Å². The molecule has 1 aliphatic carbocycles. The minimum Gasteiger partial charge on any atom is -0.397 e. The third-order valence-electron chi connectivity index (χ3n) is 2.66. The highest BCUT2D eigenvalue weighted by Gasteiger charge is 2.31. The first-order chi connectivity index (χ1) is 7.58. The Morgan fingerprint density at radius 3 is 2.75 bits per heavy atom. The largest absolute Gasteiger partial charge is 0.397 e. The second kappa shape index (κ2) is 4.50. The van der Waals surface area contributed by atoms with Crippen LogP contribution < -0.4 is 10.6 Å². The molecule has 16 heavy (non-hydrogen) atoms. The van der Waals surface area contributed by atoms with Crippen molar-refractivity contribution in [3.8, 4) is 0 Å². The van der Waals surface area contributed by atoms with Crippen molar-refractivity contribution in [2.24, 2.45) is 5.92 Å². The van der Waals surface area contributed by atoms with Crippen molar-refractivity contribution in [3.63, 3.8) is 0 Å². The van der Waals surface area contributed by atoms with Crippen LogP contribution in [0.4, 0.5) is 11.5 Å². The summed E-state index contributed by atoms with van der Waals surface area (Å²) in [5, 5.41) is 0.660. The average Bonchev–Trinajstić information content (AvgIpc) is 2.97. The fourth-order valence-corrected chi connectivity index (χ4v) is 2.13. The number of halogens is 1. The molecule has 2 rings (SSSR count). The van der Waals surface area contributed by atoms with Crippen LogP contribution in [0.3, 0.4) is 0 Å². The van der Waals surface area contributed by atoms with Crippen LogP contribution in [0.1, 0.15) is 26.7 Å². The quantitative estimate of drug-likeness (QED) is 0.879. The molecule has 4 heteroatoms. The lowest BCUT2D eigenvalue weighted by molar-refractivity contribution is 0.603. The zero-order valence-corrected chi connectivity index (χ0v) is 10.5. The molecule has 1 fully saturated rings. The van der Waals surface area contributed by atoms with Crippen molar-refractivity contribution in [2.45, 2.75) is 32.7 Å².